The molecule has 2 aromatic rings. The molecule has 25 heavy (non-hydrogen) atoms. The molecular formula is C17H22ClFN4O2. The van der Waals surface area contributed by atoms with Gasteiger partial charge in [0.1, 0.15) is 5.82 Å². The van der Waals surface area contributed by atoms with E-state index in [1.807, 2.05) is 0 Å². The van der Waals surface area contributed by atoms with Crippen LogP contribution in [0.3, 0.4) is 0 Å². The number of aromatic nitrogens is 2. The lowest BCUT2D eigenvalue weighted by atomic mass is 10.1. The zero-order chi connectivity index (χ0) is 17.1. The summed E-state index contributed by atoms with van der Waals surface area (Å²) in [6.45, 7) is 3.06. The van der Waals surface area contributed by atoms with Crippen LogP contribution in [0.25, 0.3) is 11.4 Å². The highest BCUT2D eigenvalue weighted by Crippen LogP contribution is 2.19. The Labute approximate surface area is 152 Å². The molecule has 1 saturated heterocycles. The fraction of sp³-hybridized carbons (Fsp3) is 0.471. The minimum atomic E-state index is -0.310. The molecular weight excluding hydrogens is 347 g/mol. The molecule has 1 aliphatic rings. The Balaban J connectivity index is 0.00000225. The van der Waals surface area contributed by atoms with Gasteiger partial charge >= 0.3 is 0 Å². The van der Waals surface area contributed by atoms with E-state index in [2.05, 4.69) is 10.1 Å². The van der Waals surface area contributed by atoms with Gasteiger partial charge in [0.2, 0.25) is 17.6 Å². The number of aryl methyl sites for hydroxylation is 2. The third-order valence-electron chi connectivity index (χ3n) is 4.26. The van der Waals surface area contributed by atoms with Crippen molar-refractivity contribution in [2.45, 2.75) is 38.6 Å². The normalized spacial score (nSPS) is 17.2. The summed E-state index contributed by atoms with van der Waals surface area (Å²) in [6, 6.07) is 4.86. The van der Waals surface area contributed by atoms with Crippen LogP contribution in [0.15, 0.2) is 22.7 Å². The highest BCUT2D eigenvalue weighted by atomic mass is 35.5. The maximum Gasteiger partial charge on any atom is 0.227 e. The first kappa shape index (κ1) is 19.3. The van der Waals surface area contributed by atoms with Crippen molar-refractivity contribution in [3.63, 3.8) is 0 Å². The maximum atomic E-state index is 13.6. The van der Waals surface area contributed by atoms with Crippen LogP contribution in [0.4, 0.5) is 4.39 Å². The van der Waals surface area contributed by atoms with Crippen molar-refractivity contribution in [1.82, 2.24) is 15.0 Å². The Kier molecular flexibility index (Phi) is 6.50. The van der Waals surface area contributed by atoms with Crippen LogP contribution in [0.2, 0.25) is 0 Å². The second kappa shape index (κ2) is 8.40. The zero-order valence-corrected chi connectivity index (χ0v) is 14.9. The standard InChI is InChI=1S/C17H21FN4O2.ClH/c1-11-4-5-12(9-14(11)18)17-20-15(24-21-17)6-7-16(23)22-8-2-3-13(19)10-22;/h4-5,9,13H,2-3,6-8,10,19H2,1H3;1H. The predicted molar refractivity (Wildman–Crippen MR) is 93.8 cm³/mol. The van der Waals surface area contributed by atoms with Crippen molar-refractivity contribution < 1.29 is 13.7 Å². The molecule has 1 amide bonds. The molecule has 1 atom stereocenters. The number of halogens is 2. The van der Waals surface area contributed by atoms with Gasteiger partial charge in [-0.2, -0.15) is 4.98 Å². The number of benzene rings is 1. The highest BCUT2D eigenvalue weighted by Gasteiger charge is 2.21. The quantitative estimate of drug-likeness (QED) is 0.896. The third-order valence-corrected chi connectivity index (χ3v) is 4.26. The molecule has 3 rings (SSSR count). The summed E-state index contributed by atoms with van der Waals surface area (Å²) in [7, 11) is 0. The SMILES string of the molecule is Cc1ccc(-c2noc(CCC(=O)N3CCCC(N)C3)n2)cc1F.Cl. The van der Waals surface area contributed by atoms with Crippen LogP contribution < -0.4 is 5.73 Å². The van der Waals surface area contributed by atoms with Crippen LogP contribution in [0, 0.1) is 12.7 Å². The molecule has 1 unspecified atom stereocenters. The summed E-state index contributed by atoms with van der Waals surface area (Å²) in [5, 5.41) is 3.86. The van der Waals surface area contributed by atoms with E-state index < -0.39 is 0 Å². The fourth-order valence-electron chi connectivity index (χ4n) is 2.81. The molecule has 2 heterocycles. The smallest absolute Gasteiger partial charge is 0.227 e. The monoisotopic (exact) mass is 368 g/mol. The van der Waals surface area contributed by atoms with Gasteiger partial charge in [0, 0.05) is 37.5 Å². The molecule has 136 valence electrons. The molecule has 0 radical (unpaired) electrons. The van der Waals surface area contributed by atoms with Gasteiger partial charge in [-0.05, 0) is 31.4 Å². The van der Waals surface area contributed by atoms with E-state index in [4.69, 9.17) is 10.3 Å². The number of hydrogen-bond acceptors (Lipinski definition) is 5. The number of hydrogen-bond donors (Lipinski definition) is 1. The Hall–Kier alpha value is -1.99. The van der Waals surface area contributed by atoms with Gasteiger partial charge in [0.15, 0.2) is 0 Å². The Morgan fingerprint density at radius 1 is 1.48 bits per heavy atom. The van der Waals surface area contributed by atoms with Crippen molar-refractivity contribution in [2.24, 2.45) is 5.73 Å². The maximum absolute atomic E-state index is 13.6. The highest BCUT2D eigenvalue weighted by molar-refractivity contribution is 5.85. The molecule has 0 spiro atoms. The van der Waals surface area contributed by atoms with Gasteiger partial charge in [0.25, 0.3) is 0 Å². The Morgan fingerprint density at radius 3 is 3.00 bits per heavy atom. The van der Waals surface area contributed by atoms with Crippen LogP contribution in [0.5, 0.6) is 0 Å². The van der Waals surface area contributed by atoms with Crippen molar-refractivity contribution in [1.29, 1.82) is 0 Å². The van der Waals surface area contributed by atoms with Crippen LogP contribution in [-0.2, 0) is 11.2 Å². The van der Waals surface area contributed by atoms with E-state index in [1.165, 1.54) is 6.07 Å². The molecule has 1 fully saturated rings. The van der Waals surface area contributed by atoms with E-state index in [-0.39, 0.29) is 30.2 Å². The number of piperidine rings is 1. The summed E-state index contributed by atoms with van der Waals surface area (Å²) in [6.07, 6.45) is 2.57. The first-order chi connectivity index (χ1) is 11.5. The summed E-state index contributed by atoms with van der Waals surface area (Å²) < 4.78 is 18.8. The number of nitrogens with two attached hydrogens (primary N) is 1. The lowest BCUT2D eigenvalue weighted by Crippen LogP contribution is -2.45. The van der Waals surface area contributed by atoms with Gasteiger partial charge in [-0.25, -0.2) is 4.39 Å². The van der Waals surface area contributed by atoms with E-state index in [1.54, 1.807) is 24.0 Å². The first-order valence-corrected chi connectivity index (χ1v) is 8.15. The van der Waals surface area contributed by atoms with Crippen LogP contribution >= 0.6 is 12.4 Å². The Bertz CT molecular complexity index is 737. The van der Waals surface area contributed by atoms with Gasteiger partial charge in [0.05, 0.1) is 0 Å². The molecule has 1 aromatic heterocycles. The molecule has 2 N–H and O–H groups in total. The largest absolute Gasteiger partial charge is 0.341 e. The number of carbonyl (C=O) groups is 1. The summed E-state index contributed by atoms with van der Waals surface area (Å²) in [4.78, 5) is 18.2. The summed E-state index contributed by atoms with van der Waals surface area (Å²) in [5.74, 6) is 0.443. The van der Waals surface area contributed by atoms with E-state index in [0.29, 0.717) is 42.2 Å². The molecule has 0 bridgehead atoms. The van der Waals surface area contributed by atoms with Gasteiger partial charge in [-0.15, -0.1) is 12.4 Å². The lowest BCUT2D eigenvalue weighted by Gasteiger charge is -2.30. The average Bonchev–Trinajstić information content (AvgIpc) is 3.04. The van der Waals surface area contributed by atoms with Crippen molar-refractivity contribution in [3.05, 3.63) is 35.5 Å². The minimum absolute atomic E-state index is 0. The second-order valence-electron chi connectivity index (χ2n) is 6.22. The predicted octanol–water partition coefficient (Wildman–Crippen LogP) is 2.49. The van der Waals surface area contributed by atoms with Gasteiger partial charge in [-0.1, -0.05) is 17.3 Å². The van der Waals surface area contributed by atoms with E-state index >= 15 is 0 Å². The number of carbonyl (C=O) groups excluding carboxylic acids is 1. The number of rotatable bonds is 4. The van der Waals surface area contributed by atoms with Crippen LogP contribution in [0.1, 0.15) is 30.7 Å². The molecule has 0 aliphatic carbocycles. The molecule has 1 aliphatic heterocycles. The summed E-state index contributed by atoms with van der Waals surface area (Å²) in [5.41, 5.74) is 7.01. The van der Waals surface area contributed by atoms with Gasteiger partial charge < -0.3 is 15.2 Å². The zero-order valence-electron chi connectivity index (χ0n) is 14.1. The number of likely N-dealkylation sites (tertiary alicyclic amines) is 1. The van der Waals surface area contributed by atoms with E-state index in [0.717, 1.165) is 19.4 Å². The fourth-order valence-corrected chi connectivity index (χ4v) is 2.81. The lowest BCUT2D eigenvalue weighted by molar-refractivity contribution is -0.132. The number of nitrogens with zero attached hydrogens (tertiary/aromatic N) is 3. The van der Waals surface area contributed by atoms with Crippen molar-refractivity contribution >= 4 is 18.3 Å². The number of amides is 1. The topological polar surface area (TPSA) is 85.2 Å². The van der Waals surface area contributed by atoms with Crippen LogP contribution in [-0.4, -0.2) is 40.1 Å². The molecule has 1 aromatic carbocycles. The van der Waals surface area contributed by atoms with Gasteiger partial charge in [-0.3, -0.25) is 4.79 Å². The molecule has 6 nitrogen and oxygen atoms in total. The minimum Gasteiger partial charge on any atom is -0.341 e. The van der Waals surface area contributed by atoms with Crippen molar-refractivity contribution in [2.75, 3.05) is 13.1 Å². The third kappa shape index (κ3) is 4.76. The average molecular weight is 369 g/mol. The summed E-state index contributed by atoms with van der Waals surface area (Å²) >= 11 is 0. The Morgan fingerprint density at radius 2 is 2.28 bits per heavy atom. The molecule has 0 saturated carbocycles. The molecule has 8 heteroatoms. The first-order valence-electron chi connectivity index (χ1n) is 8.15. The van der Waals surface area contributed by atoms with E-state index in [9.17, 15) is 9.18 Å². The van der Waals surface area contributed by atoms with Crippen molar-refractivity contribution in [3.8, 4) is 11.4 Å². The second-order valence-corrected chi connectivity index (χ2v) is 6.22.